The number of primary amides is 1. The number of carbonyl (C=O) groups is 1. The lowest BCUT2D eigenvalue weighted by Crippen LogP contribution is -2.22. The molecule has 0 aromatic heterocycles. The van der Waals surface area contributed by atoms with Crippen molar-refractivity contribution in [1.29, 1.82) is 0 Å². The Hall–Kier alpha value is -0.530. The van der Waals surface area contributed by atoms with Gasteiger partial charge < -0.3 is 5.73 Å². The molecule has 0 saturated heterocycles. The van der Waals surface area contributed by atoms with Crippen molar-refractivity contribution in [3.8, 4) is 0 Å². The summed E-state index contributed by atoms with van der Waals surface area (Å²) in [5, 5.41) is 0. The minimum absolute atomic E-state index is 0.0000846. The monoisotopic (exact) mass is 226 g/mol. The number of nitrogens with two attached hydrogens (primary N) is 1. The highest BCUT2D eigenvalue weighted by Gasteiger charge is 2.11. The summed E-state index contributed by atoms with van der Waals surface area (Å²) in [5.41, 5.74) is 5.26. The summed E-state index contributed by atoms with van der Waals surface area (Å²) in [6, 6.07) is 0. The fraction of sp³-hybridized carbons (Fsp3) is 0.857. The molecule has 0 aliphatic carbocycles. The topological polar surface area (TPSA) is 43.1 Å². The summed E-state index contributed by atoms with van der Waals surface area (Å²) in [5.74, 6) is -0.182. The number of hydrogen-bond acceptors (Lipinski definition) is 1. The van der Waals surface area contributed by atoms with Gasteiger partial charge in [0.2, 0.25) is 5.91 Å². The molecule has 1 unspecified atom stereocenters. The van der Waals surface area contributed by atoms with Crippen LogP contribution in [0.4, 0.5) is 0 Å². The molecule has 1 amide bonds. The third kappa shape index (κ3) is 8.75. The van der Waals surface area contributed by atoms with E-state index in [4.69, 9.17) is 5.73 Å². The first-order valence-corrected chi connectivity index (χ1v) is 6.81. The lowest BCUT2D eigenvalue weighted by Gasteiger charge is -2.09. The maximum absolute atomic E-state index is 11.0. The van der Waals surface area contributed by atoms with Crippen LogP contribution >= 0.6 is 0 Å². The Morgan fingerprint density at radius 1 is 1.06 bits per heavy atom. The van der Waals surface area contributed by atoms with Gasteiger partial charge in [0.25, 0.3) is 0 Å². The van der Waals surface area contributed by atoms with Crippen LogP contribution in [-0.4, -0.2) is 5.91 Å². The summed E-state index contributed by atoms with van der Waals surface area (Å²) in [6.45, 7) is 5.99. The number of hydrogen-bond donors (Lipinski definition) is 1. The second-order valence-corrected chi connectivity index (χ2v) is 4.65. The van der Waals surface area contributed by atoms with Crippen LogP contribution in [0, 0.1) is 12.8 Å². The Kier molecular flexibility index (Phi) is 10.6. The summed E-state index contributed by atoms with van der Waals surface area (Å²) >= 11 is 0. The first kappa shape index (κ1) is 15.5. The van der Waals surface area contributed by atoms with Crippen LogP contribution in [0.15, 0.2) is 0 Å². The number of amides is 1. The van der Waals surface area contributed by atoms with Gasteiger partial charge in [-0.1, -0.05) is 65.2 Å². The molecule has 0 saturated carbocycles. The van der Waals surface area contributed by atoms with Gasteiger partial charge in [-0.15, -0.1) is 0 Å². The van der Waals surface area contributed by atoms with Gasteiger partial charge in [0, 0.05) is 5.92 Å². The van der Waals surface area contributed by atoms with Gasteiger partial charge in [0.1, 0.15) is 0 Å². The zero-order valence-corrected chi connectivity index (χ0v) is 10.8. The van der Waals surface area contributed by atoms with Gasteiger partial charge in [-0.2, -0.15) is 0 Å². The number of rotatable bonds is 11. The highest BCUT2D eigenvalue weighted by molar-refractivity contribution is 5.76. The van der Waals surface area contributed by atoms with Gasteiger partial charge in [-0.05, 0) is 12.8 Å². The Morgan fingerprint density at radius 2 is 1.56 bits per heavy atom. The first-order chi connectivity index (χ1) is 7.72. The van der Waals surface area contributed by atoms with Gasteiger partial charge in [0.15, 0.2) is 0 Å². The van der Waals surface area contributed by atoms with Crippen molar-refractivity contribution in [2.24, 2.45) is 11.7 Å². The molecule has 0 aromatic carbocycles. The van der Waals surface area contributed by atoms with Gasteiger partial charge in [-0.3, -0.25) is 4.79 Å². The quantitative estimate of drug-likeness (QED) is 0.534. The summed E-state index contributed by atoms with van der Waals surface area (Å²) in [7, 11) is 0. The molecule has 0 bridgehead atoms. The summed E-state index contributed by atoms with van der Waals surface area (Å²) in [4.78, 5) is 11.0. The molecule has 1 radical (unpaired) electrons. The van der Waals surface area contributed by atoms with Crippen LogP contribution in [0.25, 0.3) is 0 Å². The minimum atomic E-state index is -0.182. The average Bonchev–Trinajstić information content (AvgIpc) is 2.26. The molecule has 2 nitrogen and oxygen atoms in total. The zero-order chi connectivity index (χ0) is 12.2. The average molecular weight is 226 g/mol. The largest absolute Gasteiger partial charge is 0.369 e. The van der Waals surface area contributed by atoms with E-state index in [1.165, 1.54) is 44.9 Å². The van der Waals surface area contributed by atoms with Crippen LogP contribution < -0.4 is 5.73 Å². The lowest BCUT2D eigenvalue weighted by atomic mass is 9.97. The molecule has 95 valence electrons. The third-order valence-electron chi connectivity index (χ3n) is 3.16. The number of unbranched alkanes of at least 4 members (excludes halogenated alkanes) is 7. The Labute approximate surface area is 101 Å². The first-order valence-electron chi connectivity index (χ1n) is 6.81. The van der Waals surface area contributed by atoms with E-state index in [-0.39, 0.29) is 11.8 Å². The Morgan fingerprint density at radius 3 is 2.00 bits per heavy atom. The Balaban J connectivity index is 3.22. The fourth-order valence-electron chi connectivity index (χ4n) is 1.95. The summed E-state index contributed by atoms with van der Waals surface area (Å²) in [6.07, 6.45) is 12.0. The van der Waals surface area contributed by atoms with E-state index in [2.05, 4.69) is 13.8 Å². The van der Waals surface area contributed by atoms with E-state index in [9.17, 15) is 4.79 Å². The van der Waals surface area contributed by atoms with Crippen molar-refractivity contribution < 1.29 is 4.79 Å². The molecule has 0 fully saturated rings. The van der Waals surface area contributed by atoms with E-state index in [0.29, 0.717) is 6.42 Å². The number of carbonyl (C=O) groups excluding carboxylic acids is 1. The van der Waals surface area contributed by atoms with E-state index < -0.39 is 0 Å². The predicted molar refractivity (Wildman–Crippen MR) is 69.9 cm³/mol. The highest BCUT2D eigenvalue weighted by atomic mass is 16.1. The van der Waals surface area contributed by atoms with Crippen molar-refractivity contribution in [3.05, 3.63) is 6.92 Å². The van der Waals surface area contributed by atoms with E-state index >= 15 is 0 Å². The molecule has 0 rings (SSSR count). The normalized spacial score (nSPS) is 12.6. The predicted octanol–water partition coefficient (Wildman–Crippen LogP) is 3.84. The van der Waals surface area contributed by atoms with Gasteiger partial charge >= 0.3 is 0 Å². The molecule has 0 aliphatic rings. The summed E-state index contributed by atoms with van der Waals surface area (Å²) < 4.78 is 0. The maximum Gasteiger partial charge on any atom is 0.220 e. The van der Waals surface area contributed by atoms with Gasteiger partial charge in [0.05, 0.1) is 0 Å². The van der Waals surface area contributed by atoms with Crippen LogP contribution in [0.5, 0.6) is 0 Å². The molecular formula is C14H28NO. The molecule has 0 heterocycles. The molecule has 1 atom stereocenters. The van der Waals surface area contributed by atoms with Crippen LogP contribution in [0.3, 0.4) is 0 Å². The molecule has 0 aromatic rings. The zero-order valence-electron chi connectivity index (χ0n) is 10.8. The highest BCUT2D eigenvalue weighted by Crippen LogP contribution is 2.15. The van der Waals surface area contributed by atoms with E-state index in [0.717, 1.165) is 12.8 Å². The third-order valence-corrected chi connectivity index (χ3v) is 3.16. The minimum Gasteiger partial charge on any atom is -0.369 e. The smallest absolute Gasteiger partial charge is 0.220 e. The molecule has 0 spiro atoms. The molecular weight excluding hydrogens is 198 g/mol. The second-order valence-electron chi connectivity index (χ2n) is 4.65. The maximum atomic E-state index is 11.0. The standard InChI is InChI=1S/C14H28NO/c1-3-5-6-7-8-9-10-11-12-13(4-2)14(15)16/h13H,2-12H2,1H3,(H2,15,16). The van der Waals surface area contributed by atoms with Crippen molar-refractivity contribution >= 4 is 5.91 Å². The van der Waals surface area contributed by atoms with Crippen molar-refractivity contribution in [1.82, 2.24) is 0 Å². The van der Waals surface area contributed by atoms with E-state index in [1.807, 2.05) is 0 Å². The van der Waals surface area contributed by atoms with E-state index in [1.54, 1.807) is 0 Å². The van der Waals surface area contributed by atoms with Crippen molar-refractivity contribution in [3.63, 3.8) is 0 Å². The second kappa shape index (κ2) is 11.0. The molecule has 2 heteroatoms. The lowest BCUT2D eigenvalue weighted by molar-refractivity contribution is -0.121. The fourth-order valence-corrected chi connectivity index (χ4v) is 1.95. The van der Waals surface area contributed by atoms with Crippen LogP contribution in [0.1, 0.15) is 71.1 Å². The molecule has 16 heavy (non-hydrogen) atoms. The van der Waals surface area contributed by atoms with Crippen molar-refractivity contribution in [2.45, 2.75) is 71.1 Å². The molecule has 0 aliphatic heterocycles. The Bertz CT molecular complexity index is 168. The van der Waals surface area contributed by atoms with Gasteiger partial charge in [-0.25, -0.2) is 0 Å². The SMILES string of the molecule is [CH2]CC(CCCCCCCCCC)C(N)=O. The van der Waals surface area contributed by atoms with Crippen LogP contribution in [0.2, 0.25) is 0 Å². The van der Waals surface area contributed by atoms with Crippen LogP contribution in [-0.2, 0) is 4.79 Å². The van der Waals surface area contributed by atoms with Crippen molar-refractivity contribution in [2.75, 3.05) is 0 Å². The molecule has 2 N–H and O–H groups in total.